The molecule has 0 unspecified atom stereocenters. The molecule has 0 bridgehead atoms. The third kappa shape index (κ3) is 10.8. The summed E-state index contributed by atoms with van der Waals surface area (Å²) < 4.78 is 5.42. The lowest BCUT2D eigenvalue weighted by Crippen LogP contribution is -2.60. The maximum absolute atomic E-state index is 14.6. The summed E-state index contributed by atoms with van der Waals surface area (Å²) in [7, 11) is 0. The van der Waals surface area contributed by atoms with E-state index in [0.717, 1.165) is 16.3 Å². The van der Waals surface area contributed by atoms with Crippen LogP contribution in [-0.2, 0) is 48.0 Å². The number of carboxylic acids is 1. The van der Waals surface area contributed by atoms with Gasteiger partial charge in [0.05, 0.1) is 18.9 Å². The smallest absolute Gasteiger partial charge is 0.408 e. The van der Waals surface area contributed by atoms with Crippen LogP contribution in [-0.4, -0.2) is 74.4 Å². The van der Waals surface area contributed by atoms with Crippen LogP contribution in [0.2, 0.25) is 5.02 Å². The number of nitrogens with two attached hydrogens (primary N) is 1. The maximum Gasteiger partial charge on any atom is 0.408 e. The van der Waals surface area contributed by atoms with E-state index in [-0.39, 0.29) is 17.7 Å². The summed E-state index contributed by atoms with van der Waals surface area (Å²) in [6.07, 6.45) is -1.01. The molecule has 0 saturated heterocycles. The van der Waals surface area contributed by atoms with E-state index in [4.69, 9.17) is 22.1 Å². The van der Waals surface area contributed by atoms with Gasteiger partial charge in [-0.2, -0.15) is 0 Å². The van der Waals surface area contributed by atoms with Crippen LogP contribution in [0.4, 0.5) is 4.79 Å². The van der Waals surface area contributed by atoms with Gasteiger partial charge in [0.15, 0.2) is 0 Å². The fourth-order valence-electron chi connectivity index (χ4n) is 6.06. The first-order valence-electron chi connectivity index (χ1n) is 17.5. The number of fused-ring (bicyclic) bond motifs is 2. The van der Waals surface area contributed by atoms with Gasteiger partial charge in [-0.1, -0.05) is 84.4 Å². The van der Waals surface area contributed by atoms with Gasteiger partial charge >= 0.3 is 12.1 Å². The Hall–Kier alpha value is -6.05. The summed E-state index contributed by atoms with van der Waals surface area (Å²) in [6, 6.07) is 21.7. The molecular formula is C41H42ClN5O8. The number of carbonyl (C=O) groups is 6. The number of amides is 5. The van der Waals surface area contributed by atoms with Crippen LogP contribution >= 0.6 is 11.6 Å². The number of alkyl carbamates (subject to hydrolysis) is 1. The van der Waals surface area contributed by atoms with Crippen LogP contribution in [0.5, 0.6) is 0 Å². The quantitative estimate of drug-likeness (QED) is 0.109. The highest BCUT2D eigenvalue weighted by molar-refractivity contribution is 6.30. The largest absolute Gasteiger partial charge is 0.481 e. The molecule has 5 amide bonds. The molecule has 0 spiro atoms. The van der Waals surface area contributed by atoms with Crippen LogP contribution in [0.3, 0.4) is 0 Å². The van der Waals surface area contributed by atoms with E-state index >= 15 is 0 Å². The van der Waals surface area contributed by atoms with E-state index in [1.54, 1.807) is 45.2 Å². The second-order valence-corrected chi connectivity index (χ2v) is 14.6. The molecule has 0 fully saturated rings. The minimum absolute atomic E-state index is 0.0370. The lowest BCUT2D eigenvalue weighted by Gasteiger charge is -2.29. The first-order chi connectivity index (χ1) is 26.1. The Morgan fingerprint density at radius 1 is 0.818 bits per heavy atom. The van der Waals surface area contributed by atoms with E-state index in [2.05, 4.69) is 15.6 Å². The van der Waals surface area contributed by atoms with Crippen molar-refractivity contribution >= 4 is 69.0 Å². The Labute approximate surface area is 322 Å². The number of aliphatic carboxylic acids is 1. The van der Waals surface area contributed by atoms with Crippen molar-refractivity contribution in [3.8, 4) is 0 Å². The molecule has 0 radical (unpaired) electrons. The summed E-state index contributed by atoms with van der Waals surface area (Å²) in [5.41, 5.74) is 7.69. The minimum Gasteiger partial charge on any atom is -0.481 e. The van der Waals surface area contributed by atoms with Crippen molar-refractivity contribution in [3.63, 3.8) is 0 Å². The van der Waals surface area contributed by atoms with Crippen molar-refractivity contribution < 1.29 is 38.6 Å². The first-order valence-corrected chi connectivity index (χ1v) is 17.9. The lowest BCUT2D eigenvalue weighted by molar-refractivity contribution is -0.158. The number of ether oxygens (including phenoxy) is 1. The fourth-order valence-corrected chi connectivity index (χ4v) is 6.18. The molecule has 0 saturated carbocycles. The van der Waals surface area contributed by atoms with E-state index in [1.807, 2.05) is 48.5 Å². The number of para-hydroxylation sites is 1. The van der Waals surface area contributed by atoms with Crippen molar-refractivity contribution in [2.45, 2.75) is 70.2 Å². The molecular weight excluding hydrogens is 726 g/mol. The predicted octanol–water partition coefficient (Wildman–Crippen LogP) is 5.06. The number of imide groups is 3. The molecule has 3 atom stereocenters. The van der Waals surface area contributed by atoms with Gasteiger partial charge in [-0.25, -0.2) is 9.69 Å². The molecule has 0 aliphatic rings. The number of H-pyrrole nitrogens is 1. The second kappa shape index (κ2) is 17.4. The van der Waals surface area contributed by atoms with Crippen molar-refractivity contribution in [1.82, 2.24) is 20.5 Å². The van der Waals surface area contributed by atoms with Crippen LogP contribution < -0.4 is 16.4 Å². The molecule has 13 nitrogen and oxygen atoms in total. The van der Waals surface area contributed by atoms with E-state index in [1.165, 1.54) is 24.3 Å². The minimum atomic E-state index is -1.90. The number of aromatic nitrogens is 1. The Bertz CT molecular complexity index is 2230. The monoisotopic (exact) mass is 767 g/mol. The number of nitrogens with one attached hydrogen (secondary N) is 3. The zero-order valence-corrected chi connectivity index (χ0v) is 31.3. The van der Waals surface area contributed by atoms with Gasteiger partial charge in [0.1, 0.15) is 17.7 Å². The summed E-state index contributed by atoms with van der Waals surface area (Å²) in [5, 5.41) is 17.7. The third-order valence-corrected chi connectivity index (χ3v) is 8.90. The van der Waals surface area contributed by atoms with Crippen LogP contribution in [0.1, 0.15) is 43.9 Å². The number of carbonyl (C=O) groups excluding carboxylic acids is 5. The number of aromatic amines is 1. The van der Waals surface area contributed by atoms with E-state index in [0.29, 0.717) is 27.1 Å². The van der Waals surface area contributed by atoms with Crippen molar-refractivity contribution in [1.29, 1.82) is 0 Å². The molecule has 0 aliphatic heterocycles. The highest BCUT2D eigenvalue weighted by Crippen LogP contribution is 2.22. The summed E-state index contributed by atoms with van der Waals surface area (Å²) >= 11 is 6.03. The summed E-state index contributed by atoms with van der Waals surface area (Å²) in [4.78, 5) is 85.2. The molecule has 1 aromatic heterocycles. The molecule has 286 valence electrons. The highest BCUT2D eigenvalue weighted by atomic mass is 35.5. The zero-order chi connectivity index (χ0) is 39.9. The summed E-state index contributed by atoms with van der Waals surface area (Å²) in [6.45, 7) is 4.87. The highest BCUT2D eigenvalue weighted by Gasteiger charge is 2.40. The predicted molar refractivity (Wildman–Crippen MR) is 207 cm³/mol. The zero-order valence-electron chi connectivity index (χ0n) is 30.5. The number of hydrogen-bond acceptors (Lipinski definition) is 8. The van der Waals surface area contributed by atoms with Crippen molar-refractivity contribution in [3.05, 3.63) is 119 Å². The molecule has 0 aliphatic carbocycles. The SMILES string of the molecule is CC(C)(C)OC(=O)N[C@@H](Cc1c[nH]c2ccccc12)C(=O)N(C(=O)Cc1ccc(Cl)cc1)C(=O)[C@H](CC(=O)O)NC(=O)[C@@H](N)Cc1ccc2ccccc2c1. The summed E-state index contributed by atoms with van der Waals surface area (Å²) in [5.74, 6) is -5.93. The van der Waals surface area contributed by atoms with Gasteiger partial charge in [-0.15, -0.1) is 0 Å². The van der Waals surface area contributed by atoms with E-state index in [9.17, 15) is 33.9 Å². The number of hydrogen-bond donors (Lipinski definition) is 5. The van der Waals surface area contributed by atoms with Gasteiger partial charge in [0, 0.05) is 28.5 Å². The Morgan fingerprint density at radius 3 is 2.15 bits per heavy atom. The second-order valence-electron chi connectivity index (χ2n) is 14.1. The average Bonchev–Trinajstić information content (AvgIpc) is 3.53. The van der Waals surface area contributed by atoms with Gasteiger partial charge in [0.25, 0.3) is 11.8 Å². The molecule has 14 heteroatoms. The molecule has 4 aromatic carbocycles. The lowest BCUT2D eigenvalue weighted by atomic mass is 10.0. The standard InChI is InChI=1S/C41H42ClN5O8/c1-41(2,3)55-40(54)46-33(21-28-23-44-32-11-7-6-10-30(28)32)38(52)47(35(48)20-24-13-16-29(42)17-14-24)39(53)34(22-36(49)50)45-37(51)31(43)19-25-12-15-26-8-4-5-9-27(26)18-25/h4-18,23,31,33-34,44H,19-22,43H2,1-3H3,(H,45,51)(H,46,54)(H,49,50)/t31-,33-,34-/m0/s1. The van der Waals surface area contributed by atoms with Gasteiger partial charge in [-0.05, 0) is 72.9 Å². The van der Waals surface area contributed by atoms with Gasteiger partial charge < -0.3 is 31.2 Å². The van der Waals surface area contributed by atoms with E-state index < -0.39 is 72.3 Å². The molecule has 55 heavy (non-hydrogen) atoms. The normalized spacial score (nSPS) is 13.0. The fraction of sp³-hybridized carbons (Fsp3) is 0.268. The number of rotatable bonds is 13. The Balaban J connectivity index is 1.48. The Kier molecular flexibility index (Phi) is 12.7. The number of benzene rings is 4. The molecule has 1 heterocycles. The van der Waals surface area contributed by atoms with Crippen LogP contribution in [0, 0.1) is 0 Å². The third-order valence-electron chi connectivity index (χ3n) is 8.65. The number of halogens is 1. The molecule has 6 N–H and O–H groups in total. The van der Waals surface area contributed by atoms with Crippen molar-refractivity contribution in [2.24, 2.45) is 5.73 Å². The topological polar surface area (TPSA) is 201 Å². The molecule has 5 rings (SSSR count). The Morgan fingerprint density at radius 2 is 1.45 bits per heavy atom. The van der Waals surface area contributed by atoms with Crippen LogP contribution in [0.25, 0.3) is 21.7 Å². The maximum atomic E-state index is 14.6. The van der Waals surface area contributed by atoms with Gasteiger partial charge in [-0.3, -0.25) is 24.0 Å². The first kappa shape index (κ1) is 40.1. The van der Waals surface area contributed by atoms with Crippen molar-refractivity contribution in [2.75, 3.05) is 0 Å². The van der Waals surface area contributed by atoms with Gasteiger partial charge in [0.2, 0.25) is 11.8 Å². The number of nitrogens with zero attached hydrogens (tertiary/aromatic N) is 1. The van der Waals surface area contributed by atoms with Crippen LogP contribution in [0.15, 0.2) is 97.2 Å². The number of carboxylic acid groups (broad SMARTS) is 1. The molecule has 5 aromatic rings. The average molecular weight is 768 g/mol.